The van der Waals surface area contributed by atoms with Crippen LogP contribution in [0.1, 0.15) is 12.0 Å². The summed E-state index contributed by atoms with van der Waals surface area (Å²) in [5, 5.41) is 0.247. The average molecular weight is 260 g/mol. The van der Waals surface area contributed by atoms with Gasteiger partial charge in [-0.15, -0.1) is 0 Å². The minimum Gasteiger partial charge on any atom is -0.385 e. The molecule has 0 bridgehead atoms. The Bertz CT molecular complexity index is 378. The molecule has 0 aromatic heterocycles. The van der Waals surface area contributed by atoms with E-state index in [4.69, 9.17) is 22.1 Å². The van der Waals surface area contributed by atoms with E-state index in [-0.39, 0.29) is 22.8 Å². The van der Waals surface area contributed by atoms with Crippen LogP contribution in [0.2, 0.25) is 5.02 Å². The van der Waals surface area contributed by atoms with E-state index in [1.54, 1.807) is 6.07 Å². The van der Waals surface area contributed by atoms with Crippen LogP contribution in [0.4, 0.5) is 4.39 Å². The third-order valence-corrected chi connectivity index (χ3v) is 2.81. The van der Waals surface area contributed by atoms with Gasteiger partial charge in [-0.25, -0.2) is 4.39 Å². The summed E-state index contributed by atoms with van der Waals surface area (Å²) in [5.41, 5.74) is 5.86. The Morgan fingerprint density at radius 1 is 1.59 bits per heavy atom. The fourth-order valence-electron chi connectivity index (χ4n) is 1.41. The summed E-state index contributed by atoms with van der Waals surface area (Å²) in [7, 11) is 1.53. The van der Waals surface area contributed by atoms with Crippen LogP contribution in [0.15, 0.2) is 18.2 Å². The summed E-state index contributed by atoms with van der Waals surface area (Å²) >= 11 is 5.82. The maximum Gasteiger partial charge on any atom is 0.154 e. The maximum atomic E-state index is 13.4. The topological polar surface area (TPSA) is 52.3 Å². The largest absolute Gasteiger partial charge is 0.385 e. The van der Waals surface area contributed by atoms with Crippen LogP contribution in [0.3, 0.4) is 0 Å². The lowest BCUT2D eigenvalue weighted by Crippen LogP contribution is -2.33. The first kappa shape index (κ1) is 14.1. The number of hydrogen-bond donors (Lipinski definition) is 1. The zero-order valence-electron chi connectivity index (χ0n) is 9.58. The lowest BCUT2D eigenvalue weighted by molar-refractivity contribution is -0.120. The number of benzene rings is 1. The molecule has 0 saturated carbocycles. The monoisotopic (exact) mass is 259 g/mol. The predicted octanol–water partition coefficient (Wildman–Crippen LogP) is 1.95. The van der Waals surface area contributed by atoms with Crippen LogP contribution in [0.5, 0.6) is 0 Å². The van der Waals surface area contributed by atoms with Gasteiger partial charge >= 0.3 is 0 Å². The van der Waals surface area contributed by atoms with Gasteiger partial charge in [0.25, 0.3) is 0 Å². The molecule has 3 nitrogen and oxygen atoms in total. The van der Waals surface area contributed by atoms with Crippen molar-refractivity contribution in [1.82, 2.24) is 0 Å². The minimum absolute atomic E-state index is 0.0869. The molecule has 0 spiro atoms. The van der Waals surface area contributed by atoms with Gasteiger partial charge in [-0.2, -0.15) is 0 Å². The smallest absolute Gasteiger partial charge is 0.154 e. The van der Waals surface area contributed by atoms with E-state index in [1.165, 1.54) is 19.2 Å². The zero-order chi connectivity index (χ0) is 12.8. The number of rotatable bonds is 6. The number of nitrogens with two attached hydrogens (primary N) is 1. The zero-order valence-corrected chi connectivity index (χ0v) is 10.3. The summed E-state index contributed by atoms with van der Waals surface area (Å²) in [5.74, 6) is -0.723. The van der Waals surface area contributed by atoms with E-state index in [2.05, 4.69) is 0 Å². The minimum atomic E-state index is -0.648. The summed E-state index contributed by atoms with van der Waals surface area (Å²) in [6, 6.07) is 3.67. The summed E-state index contributed by atoms with van der Waals surface area (Å²) < 4.78 is 18.3. The number of ether oxygens (including phenoxy) is 1. The molecular weight excluding hydrogens is 245 g/mol. The Kier molecular flexibility index (Phi) is 5.55. The van der Waals surface area contributed by atoms with Crippen molar-refractivity contribution < 1.29 is 13.9 Å². The number of halogens is 2. The Balaban J connectivity index is 2.68. The quantitative estimate of drug-likeness (QED) is 0.850. The van der Waals surface area contributed by atoms with Gasteiger partial charge in [-0.1, -0.05) is 17.7 Å². The molecule has 1 atom stereocenters. The van der Waals surface area contributed by atoms with Crippen LogP contribution in [-0.2, 0) is 16.0 Å². The molecule has 0 aliphatic rings. The fourth-order valence-corrected chi connectivity index (χ4v) is 1.64. The van der Waals surface area contributed by atoms with Gasteiger partial charge in [0.05, 0.1) is 6.04 Å². The van der Waals surface area contributed by atoms with Crippen LogP contribution >= 0.6 is 11.6 Å². The highest BCUT2D eigenvalue weighted by atomic mass is 35.5. The number of ketones is 1. The highest BCUT2D eigenvalue weighted by Crippen LogP contribution is 2.20. The Hall–Kier alpha value is -0.970. The molecule has 0 radical (unpaired) electrons. The molecule has 0 aliphatic carbocycles. The van der Waals surface area contributed by atoms with Crippen LogP contribution in [0, 0.1) is 5.82 Å². The van der Waals surface area contributed by atoms with Gasteiger partial charge in [0.15, 0.2) is 5.78 Å². The summed E-state index contributed by atoms with van der Waals surface area (Å²) in [6.07, 6.45) is 0.331. The third-order valence-electron chi connectivity index (χ3n) is 2.46. The molecule has 0 fully saturated rings. The second-order valence-corrected chi connectivity index (χ2v) is 4.14. The molecule has 94 valence electrons. The van der Waals surface area contributed by atoms with Crippen molar-refractivity contribution >= 4 is 17.4 Å². The third kappa shape index (κ3) is 4.07. The van der Waals surface area contributed by atoms with Gasteiger partial charge in [-0.05, 0) is 18.6 Å². The summed E-state index contributed by atoms with van der Waals surface area (Å²) in [6.45, 7) is 0.401. The van der Waals surface area contributed by atoms with E-state index in [0.29, 0.717) is 13.0 Å². The molecule has 1 aromatic rings. The molecule has 1 unspecified atom stereocenters. The molecular formula is C12H15ClFNO2. The van der Waals surface area contributed by atoms with E-state index in [9.17, 15) is 9.18 Å². The number of hydrogen-bond acceptors (Lipinski definition) is 3. The number of carbonyl (C=O) groups is 1. The molecule has 0 amide bonds. The highest BCUT2D eigenvalue weighted by Gasteiger charge is 2.17. The Labute approximate surface area is 105 Å². The molecule has 17 heavy (non-hydrogen) atoms. The number of Topliss-reactive ketones (excluding diaryl/α,β-unsaturated/α-hetero) is 1. The molecule has 1 rings (SSSR count). The SMILES string of the molecule is COCCC(N)C(=O)Cc1c(F)cccc1Cl. The average Bonchev–Trinajstić information content (AvgIpc) is 2.30. The fraction of sp³-hybridized carbons (Fsp3) is 0.417. The lowest BCUT2D eigenvalue weighted by atomic mass is 10.0. The standard InChI is InChI=1S/C12H15ClFNO2/c1-17-6-5-11(15)12(16)7-8-9(13)3-2-4-10(8)14/h2-4,11H,5-7,15H2,1H3. The number of methoxy groups -OCH3 is 1. The second-order valence-electron chi connectivity index (χ2n) is 3.73. The van der Waals surface area contributed by atoms with Gasteiger partial charge in [0, 0.05) is 30.7 Å². The Morgan fingerprint density at radius 2 is 2.29 bits per heavy atom. The first-order valence-corrected chi connectivity index (χ1v) is 5.64. The first-order valence-electron chi connectivity index (χ1n) is 5.26. The van der Waals surface area contributed by atoms with Crippen molar-refractivity contribution in [2.24, 2.45) is 5.73 Å². The van der Waals surface area contributed by atoms with Gasteiger partial charge in [0.1, 0.15) is 5.82 Å². The van der Waals surface area contributed by atoms with Crippen molar-refractivity contribution in [1.29, 1.82) is 0 Å². The highest BCUT2D eigenvalue weighted by molar-refractivity contribution is 6.31. The maximum absolute atomic E-state index is 13.4. The molecule has 2 N–H and O–H groups in total. The second kappa shape index (κ2) is 6.69. The van der Waals surface area contributed by atoms with Crippen LogP contribution in [0.25, 0.3) is 0 Å². The van der Waals surface area contributed by atoms with Crippen molar-refractivity contribution in [2.45, 2.75) is 18.9 Å². The van der Waals surface area contributed by atoms with Crippen molar-refractivity contribution in [3.8, 4) is 0 Å². The van der Waals surface area contributed by atoms with Crippen LogP contribution in [-0.4, -0.2) is 25.5 Å². The van der Waals surface area contributed by atoms with E-state index in [1.807, 2.05) is 0 Å². The molecule has 1 aromatic carbocycles. The molecule has 0 heterocycles. The first-order chi connectivity index (χ1) is 8.06. The van der Waals surface area contributed by atoms with Crippen LogP contribution < -0.4 is 5.73 Å². The van der Waals surface area contributed by atoms with E-state index < -0.39 is 11.9 Å². The van der Waals surface area contributed by atoms with Gasteiger partial charge in [-0.3, -0.25) is 4.79 Å². The molecule has 0 saturated heterocycles. The normalized spacial score (nSPS) is 12.5. The predicted molar refractivity (Wildman–Crippen MR) is 64.6 cm³/mol. The van der Waals surface area contributed by atoms with Crippen molar-refractivity contribution in [2.75, 3.05) is 13.7 Å². The van der Waals surface area contributed by atoms with E-state index >= 15 is 0 Å². The van der Waals surface area contributed by atoms with Gasteiger partial charge < -0.3 is 10.5 Å². The van der Waals surface area contributed by atoms with Gasteiger partial charge in [0.2, 0.25) is 0 Å². The molecule has 5 heteroatoms. The molecule has 0 aliphatic heterocycles. The Morgan fingerprint density at radius 3 is 2.88 bits per heavy atom. The lowest BCUT2D eigenvalue weighted by Gasteiger charge is -2.11. The number of carbonyl (C=O) groups excluding carboxylic acids is 1. The van der Waals surface area contributed by atoms with E-state index in [0.717, 1.165) is 0 Å². The summed E-state index contributed by atoms with van der Waals surface area (Å²) in [4.78, 5) is 11.7. The van der Waals surface area contributed by atoms with Crippen molar-refractivity contribution in [3.05, 3.63) is 34.6 Å². The van der Waals surface area contributed by atoms with Crippen molar-refractivity contribution in [3.63, 3.8) is 0 Å².